The van der Waals surface area contributed by atoms with Crippen molar-refractivity contribution in [2.45, 2.75) is 57.7 Å². The average Bonchev–Trinajstić information content (AvgIpc) is 3.33. The Balaban J connectivity index is 1.44. The van der Waals surface area contributed by atoms with Crippen LogP contribution in [0.4, 0.5) is 10.5 Å². The molecular formula is C29H35Cl3N4O. The fourth-order valence-corrected chi connectivity index (χ4v) is 5.40. The van der Waals surface area contributed by atoms with Crippen LogP contribution in [0.2, 0.25) is 15.1 Å². The molecule has 2 aromatic carbocycles. The Labute approximate surface area is 235 Å². The summed E-state index contributed by atoms with van der Waals surface area (Å²) in [5, 5.41) is 4.60. The van der Waals surface area contributed by atoms with E-state index in [0.29, 0.717) is 41.4 Å². The smallest absolute Gasteiger partial charge is 0.322 e. The standard InChI is InChI=1S/C29H35Cl3N4O/c1-34(25-7-3-2-4-8-25)16-6-18-36(29(37)33-24-14-15-27(31)28(32)19-24)21-26-9-5-17-35(26)20-22-10-12-23(30)13-11-22/h5,9-15,17,19,25H,2-4,6-8,16,18,20-21H2,1H3,(H,33,37). The van der Waals surface area contributed by atoms with E-state index in [0.717, 1.165) is 29.2 Å². The normalized spacial score (nSPS) is 14.2. The lowest BCUT2D eigenvalue weighted by atomic mass is 9.94. The summed E-state index contributed by atoms with van der Waals surface area (Å²) in [5.41, 5.74) is 2.85. The van der Waals surface area contributed by atoms with Crippen LogP contribution >= 0.6 is 34.8 Å². The third-order valence-corrected chi connectivity index (χ3v) is 8.13. The van der Waals surface area contributed by atoms with Crippen molar-refractivity contribution < 1.29 is 4.79 Å². The number of hydrogen-bond acceptors (Lipinski definition) is 2. The molecule has 0 radical (unpaired) electrons. The summed E-state index contributed by atoms with van der Waals surface area (Å²) in [6.45, 7) is 2.83. The summed E-state index contributed by atoms with van der Waals surface area (Å²) in [4.78, 5) is 17.8. The largest absolute Gasteiger partial charge is 0.345 e. The van der Waals surface area contributed by atoms with Gasteiger partial charge in [-0.05, 0) is 80.9 Å². The van der Waals surface area contributed by atoms with Gasteiger partial charge in [0.15, 0.2) is 0 Å². The fourth-order valence-electron chi connectivity index (χ4n) is 4.97. The molecule has 3 aromatic rings. The summed E-state index contributed by atoms with van der Waals surface area (Å²) in [6, 6.07) is 17.6. The van der Waals surface area contributed by atoms with Crippen LogP contribution in [-0.4, -0.2) is 46.6 Å². The van der Waals surface area contributed by atoms with Gasteiger partial charge in [-0.1, -0.05) is 66.2 Å². The highest BCUT2D eigenvalue weighted by atomic mass is 35.5. The Kier molecular flexibility index (Phi) is 10.2. The van der Waals surface area contributed by atoms with E-state index in [1.54, 1.807) is 18.2 Å². The monoisotopic (exact) mass is 560 g/mol. The summed E-state index contributed by atoms with van der Waals surface area (Å²) in [5.74, 6) is 0. The quantitative estimate of drug-likeness (QED) is 0.271. The number of rotatable bonds is 10. The van der Waals surface area contributed by atoms with Gasteiger partial charge in [-0.15, -0.1) is 0 Å². The lowest BCUT2D eigenvalue weighted by molar-refractivity contribution is 0.175. The Morgan fingerprint density at radius 2 is 1.73 bits per heavy atom. The Morgan fingerprint density at radius 1 is 0.973 bits per heavy atom. The van der Waals surface area contributed by atoms with Crippen LogP contribution in [-0.2, 0) is 13.1 Å². The number of halogens is 3. The van der Waals surface area contributed by atoms with E-state index in [1.165, 1.54) is 32.1 Å². The van der Waals surface area contributed by atoms with Crippen molar-refractivity contribution in [2.24, 2.45) is 0 Å². The SMILES string of the molecule is CN(CCCN(Cc1cccn1Cc1ccc(Cl)cc1)C(=O)Nc1ccc(Cl)c(Cl)c1)C1CCCCC1. The second-order valence-electron chi connectivity index (χ2n) is 9.86. The van der Waals surface area contributed by atoms with E-state index >= 15 is 0 Å². The number of hydrogen-bond donors (Lipinski definition) is 1. The van der Waals surface area contributed by atoms with E-state index in [-0.39, 0.29) is 6.03 Å². The van der Waals surface area contributed by atoms with Crippen molar-refractivity contribution in [1.29, 1.82) is 0 Å². The van der Waals surface area contributed by atoms with Gasteiger partial charge in [-0.25, -0.2) is 4.79 Å². The van der Waals surface area contributed by atoms with E-state index in [4.69, 9.17) is 34.8 Å². The lowest BCUT2D eigenvalue weighted by Crippen LogP contribution is -2.39. The predicted molar refractivity (Wildman–Crippen MR) is 155 cm³/mol. The molecule has 198 valence electrons. The topological polar surface area (TPSA) is 40.5 Å². The van der Waals surface area contributed by atoms with Gasteiger partial charge < -0.3 is 19.7 Å². The van der Waals surface area contributed by atoms with Crippen LogP contribution < -0.4 is 5.32 Å². The van der Waals surface area contributed by atoms with E-state index in [1.807, 2.05) is 35.2 Å². The number of nitrogens with one attached hydrogen (secondary N) is 1. The van der Waals surface area contributed by atoms with Gasteiger partial charge in [0.25, 0.3) is 0 Å². The summed E-state index contributed by atoms with van der Waals surface area (Å²) in [6.07, 6.45) is 9.49. The van der Waals surface area contributed by atoms with Crippen LogP contribution in [0.5, 0.6) is 0 Å². The Hall–Kier alpha value is -2.18. The number of amides is 2. The van der Waals surface area contributed by atoms with Crippen molar-refractivity contribution in [1.82, 2.24) is 14.4 Å². The highest BCUT2D eigenvalue weighted by molar-refractivity contribution is 6.42. The number of benzene rings is 2. The predicted octanol–water partition coefficient (Wildman–Crippen LogP) is 8.19. The molecule has 1 aliphatic rings. The average molecular weight is 562 g/mol. The molecule has 0 spiro atoms. The molecular weight excluding hydrogens is 527 g/mol. The number of urea groups is 1. The second kappa shape index (κ2) is 13.6. The highest BCUT2D eigenvalue weighted by Gasteiger charge is 2.20. The molecule has 5 nitrogen and oxygen atoms in total. The zero-order chi connectivity index (χ0) is 26.2. The van der Waals surface area contributed by atoms with E-state index in [2.05, 4.69) is 34.1 Å². The van der Waals surface area contributed by atoms with Crippen LogP contribution in [0.1, 0.15) is 49.8 Å². The first-order valence-corrected chi connectivity index (χ1v) is 14.1. The minimum atomic E-state index is -0.155. The molecule has 1 fully saturated rings. The molecule has 0 aliphatic heterocycles. The van der Waals surface area contributed by atoms with Crippen LogP contribution in [0.25, 0.3) is 0 Å². The van der Waals surface area contributed by atoms with Gasteiger partial charge in [0.1, 0.15) is 0 Å². The van der Waals surface area contributed by atoms with Crippen molar-refractivity contribution >= 4 is 46.5 Å². The molecule has 1 aromatic heterocycles. The minimum absolute atomic E-state index is 0.155. The molecule has 37 heavy (non-hydrogen) atoms. The van der Waals surface area contributed by atoms with Gasteiger partial charge in [-0.2, -0.15) is 0 Å². The maximum atomic E-state index is 13.4. The van der Waals surface area contributed by atoms with Crippen molar-refractivity contribution in [3.05, 3.63) is 87.1 Å². The van der Waals surface area contributed by atoms with Gasteiger partial charge in [-0.3, -0.25) is 0 Å². The molecule has 1 N–H and O–H groups in total. The maximum absolute atomic E-state index is 13.4. The summed E-state index contributed by atoms with van der Waals surface area (Å²) in [7, 11) is 2.22. The number of nitrogens with zero attached hydrogens (tertiary/aromatic N) is 3. The molecule has 0 atom stereocenters. The van der Waals surface area contributed by atoms with Crippen LogP contribution in [0.3, 0.4) is 0 Å². The molecule has 1 saturated carbocycles. The van der Waals surface area contributed by atoms with Crippen LogP contribution in [0.15, 0.2) is 60.8 Å². The first kappa shape index (κ1) is 27.8. The van der Waals surface area contributed by atoms with Crippen molar-refractivity contribution in [3.8, 4) is 0 Å². The second-order valence-corrected chi connectivity index (χ2v) is 11.1. The van der Waals surface area contributed by atoms with Gasteiger partial charge in [0.2, 0.25) is 0 Å². The van der Waals surface area contributed by atoms with Crippen LogP contribution in [0, 0.1) is 0 Å². The van der Waals surface area contributed by atoms with E-state index < -0.39 is 0 Å². The van der Waals surface area contributed by atoms with E-state index in [9.17, 15) is 4.79 Å². The molecule has 8 heteroatoms. The Morgan fingerprint density at radius 3 is 2.46 bits per heavy atom. The summed E-state index contributed by atoms with van der Waals surface area (Å²) >= 11 is 18.3. The first-order valence-electron chi connectivity index (χ1n) is 13.0. The zero-order valence-corrected chi connectivity index (χ0v) is 23.6. The number of carbonyl (C=O) groups is 1. The molecule has 0 unspecified atom stereocenters. The minimum Gasteiger partial charge on any atom is -0.345 e. The first-order chi connectivity index (χ1) is 17.9. The fraction of sp³-hybridized carbons (Fsp3) is 0.414. The third kappa shape index (κ3) is 8.15. The van der Waals surface area contributed by atoms with Gasteiger partial charge >= 0.3 is 6.03 Å². The Bertz CT molecular complexity index is 1160. The number of aromatic nitrogens is 1. The lowest BCUT2D eigenvalue weighted by Gasteiger charge is -2.32. The molecule has 1 aliphatic carbocycles. The zero-order valence-electron chi connectivity index (χ0n) is 21.3. The molecule has 0 bridgehead atoms. The van der Waals surface area contributed by atoms with Gasteiger partial charge in [0.05, 0.1) is 16.6 Å². The molecule has 2 amide bonds. The molecule has 4 rings (SSSR count). The maximum Gasteiger partial charge on any atom is 0.322 e. The molecule has 0 saturated heterocycles. The van der Waals surface area contributed by atoms with Crippen molar-refractivity contribution in [3.63, 3.8) is 0 Å². The molecule has 1 heterocycles. The summed E-state index contributed by atoms with van der Waals surface area (Å²) < 4.78 is 2.18. The number of carbonyl (C=O) groups excluding carboxylic acids is 1. The highest BCUT2D eigenvalue weighted by Crippen LogP contribution is 2.26. The number of anilines is 1. The van der Waals surface area contributed by atoms with Gasteiger partial charge in [0, 0.05) is 41.7 Å². The third-order valence-electron chi connectivity index (χ3n) is 7.14. The van der Waals surface area contributed by atoms with Crippen molar-refractivity contribution in [2.75, 3.05) is 25.5 Å².